The smallest absolute Gasteiger partial charge is 0.318 e. The first kappa shape index (κ1) is 43.0. The van der Waals surface area contributed by atoms with Crippen molar-refractivity contribution in [1.29, 1.82) is 0 Å². The summed E-state index contributed by atoms with van der Waals surface area (Å²) in [7, 11) is 0. The van der Waals surface area contributed by atoms with Crippen LogP contribution in [0.4, 0.5) is 11.4 Å². The van der Waals surface area contributed by atoms with E-state index in [0.717, 1.165) is 50.6 Å². The molecule has 7 aromatic carbocycles. The molecule has 7 rings (SSSR count). The van der Waals surface area contributed by atoms with Gasteiger partial charge in [-0.1, -0.05) is 201 Å². The maximum absolute atomic E-state index is 12.8. The zero-order valence-electron chi connectivity index (χ0n) is 36.5. The molecular formula is C54H52N2O6. The zero-order chi connectivity index (χ0) is 44.5. The molecule has 0 spiro atoms. The van der Waals surface area contributed by atoms with Gasteiger partial charge in [-0.25, -0.2) is 0 Å². The summed E-state index contributed by atoms with van der Waals surface area (Å²) >= 11 is 0. The molecule has 0 atom stereocenters. The second kappa shape index (κ2) is 16.8. The molecule has 0 fully saturated rings. The lowest BCUT2D eigenvalue weighted by Crippen LogP contribution is -2.23. The number of nitrogens with zero attached hydrogens (tertiary/aromatic N) is 2. The molecule has 0 radical (unpaired) electrons. The number of hydrogen-bond donors (Lipinski definition) is 0. The molecule has 8 heteroatoms. The monoisotopic (exact) mass is 824 g/mol. The summed E-state index contributed by atoms with van der Waals surface area (Å²) in [6.45, 7) is 17.0. The Bertz CT molecular complexity index is 2540. The maximum atomic E-state index is 12.8. The van der Waals surface area contributed by atoms with Gasteiger partial charge in [-0.2, -0.15) is 0 Å². The van der Waals surface area contributed by atoms with Crippen LogP contribution in [-0.4, -0.2) is 9.85 Å². The second-order valence-corrected chi connectivity index (χ2v) is 17.9. The average Bonchev–Trinajstić information content (AvgIpc) is 3.27. The molecule has 0 amide bonds. The summed E-state index contributed by atoms with van der Waals surface area (Å²) in [6.07, 6.45) is 0. The van der Waals surface area contributed by atoms with Crippen LogP contribution in [-0.2, 0) is 21.7 Å². The first-order valence-corrected chi connectivity index (χ1v) is 20.8. The fourth-order valence-electron chi connectivity index (χ4n) is 8.28. The van der Waals surface area contributed by atoms with Gasteiger partial charge in [0.1, 0.15) is 17.6 Å². The van der Waals surface area contributed by atoms with Crippen LogP contribution >= 0.6 is 0 Å². The van der Waals surface area contributed by atoms with E-state index in [1.165, 1.54) is 6.07 Å². The zero-order valence-corrected chi connectivity index (χ0v) is 36.5. The third-order valence-corrected chi connectivity index (χ3v) is 12.6. The minimum Gasteiger partial charge on any atom is -0.450 e. The van der Waals surface area contributed by atoms with Crippen molar-refractivity contribution in [1.82, 2.24) is 0 Å². The molecule has 0 aliphatic rings. The molecule has 0 heterocycles. The Morgan fingerprint density at radius 3 is 0.919 bits per heavy atom. The van der Waals surface area contributed by atoms with E-state index >= 15 is 0 Å². The molecule has 0 bridgehead atoms. The van der Waals surface area contributed by atoms with Crippen molar-refractivity contribution in [3.8, 4) is 23.0 Å². The van der Waals surface area contributed by atoms with Gasteiger partial charge in [-0.3, -0.25) is 20.2 Å². The summed E-state index contributed by atoms with van der Waals surface area (Å²) in [5.41, 5.74) is 4.65. The van der Waals surface area contributed by atoms with Gasteiger partial charge in [0.2, 0.25) is 11.5 Å². The number of nitro groups is 2. The van der Waals surface area contributed by atoms with E-state index in [9.17, 15) is 20.2 Å². The number of ether oxygens (including phenoxy) is 2. The summed E-state index contributed by atoms with van der Waals surface area (Å²) < 4.78 is 13.3. The minimum absolute atomic E-state index is 0.193. The van der Waals surface area contributed by atoms with Gasteiger partial charge in [-0.05, 0) is 45.5 Å². The van der Waals surface area contributed by atoms with Crippen molar-refractivity contribution in [3.05, 3.63) is 235 Å². The number of nitro benzene ring substituents is 2. The fourth-order valence-corrected chi connectivity index (χ4v) is 8.28. The molecule has 0 unspecified atom stereocenters. The lowest BCUT2D eigenvalue weighted by molar-refractivity contribution is -0.395. The predicted octanol–water partition coefficient (Wildman–Crippen LogP) is 14.4. The molecule has 314 valence electrons. The van der Waals surface area contributed by atoms with E-state index in [2.05, 4.69) is 91.8 Å². The van der Waals surface area contributed by atoms with Crippen molar-refractivity contribution < 1.29 is 19.3 Å². The second-order valence-electron chi connectivity index (χ2n) is 17.9. The lowest BCUT2D eigenvalue weighted by atomic mass is 9.73. The van der Waals surface area contributed by atoms with Crippen molar-refractivity contribution in [2.75, 3.05) is 0 Å². The minimum atomic E-state index is -0.661. The number of rotatable bonds is 14. The van der Waals surface area contributed by atoms with Gasteiger partial charge < -0.3 is 9.47 Å². The summed E-state index contributed by atoms with van der Waals surface area (Å²) in [5.74, 6) is 0.350. The van der Waals surface area contributed by atoms with E-state index in [1.807, 2.05) is 121 Å². The third kappa shape index (κ3) is 8.33. The van der Waals surface area contributed by atoms with Crippen LogP contribution in [0.25, 0.3) is 0 Å². The Kier molecular flexibility index (Phi) is 11.6. The molecule has 0 saturated carbocycles. The normalized spacial score (nSPS) is 12.1. The van der Waals surface area contributed by atoms with Gasteiger partial charge in [-0.15, -0.1) is 0 Å². The van der Waals surface area contributed by atoms with Crippen LogP contribution < -0.4 is 9.47 Å². The molecule has 0 N–H and O–H groups in total. The van der Waals surface area contributed by atoms with Gasteiger partial charge in [0.05, 0.1) is 9.85 Å². The Balaban J connectivity index is 1.39. The highest BCUT2D eigenvalue weighted by molar-refractivity contribution is 5.65. The van der Waals surface area contributed by atoms with Crippen LogP contribution in [0.1, 0.15) is 99.9 Å². The molecule has 7 aromatic rings. The fraction of sp³-hybridized carbons (Fsp3) is 0.222. The molecule has 0 aromatic heterocycles. The topological polar surface area (TPSA) is 105 Å². The largest absolute Gasteiger partial charge is 0.450 e. The first-order chi connectivity index (χ1) is 29.4. The Hall–Kier alpha value is -7.06. The Morgan fingerprint density at radius 1 is 0.339 bits per heavy atom. The Labute approximate surface area is 364 Å². The third-order valence-electron chi connectivity index (χ3n) is 12.6. The van der Waals surface area contributed by atoms with Crippen LogP contribution in [0.2, 0.25) is 0 Å². The molecule has 0 aliphatic heterocycles. The molecule has 0 saturated heterocycles. The van der Waals surface area contributed by atoms with Crippen LogP contribution in [0.3, 0.4) is 0 Å². The average molecular weight is 825 g/mol. The maximum Gasteiger partial charge on any atom is 0.318 e. The van der Waals surface area contributed by atoms with E-state index in [-0.39, 0.29) is 11.5 Å². The number of hydrogen-bond acceptors (Lipinski definition) is 6. The highest BCUT2D eigenvalue weighted by atomic mass is 16.6. The standard InChI is InChI=1S/C54H52N2O6/c1-51(2,37-21-13-9-14-22-37)41-29-31-47(43(33-41)53(5,6)39-25-17-11-18-26-39)61-49-36-50(46(56(59)60)35-45(49)55(57)58)62-48-32-30-42(52(3,4)38-23-15-10-16-24-38)34-44(48)54(7,8)40-27-19-12-20-28-40/h9-36H,1-8H3. The SMILES string of the molecule is CC(C)(c1ccccc1)c1ccc(Oc2cc(Oc3ccc(C(C)(C)c4ccccc4)cc3C(C)(C)c3ccccc3)c([N+](=O)[O-])cc2[N+](=O)[O-])c(C(C)(C)c2ccccc2)c1. The van der Waals surface area contributed by atoms with Crippen molar-refractivity contribution >= 4 is 11.4 Å². The van der Waals surface area contributed by atoms with Crippen molar-refractivity contribution in [2.45, 2.75) is 77.0 Å². The van der Waals surface area contributed by atoms with Gasteiger partial charge in [0.15, 0.2) is 0 Å². The van der Waals surface area contributed by atoms with Gasteiger partial charge >= 0.3 is 11.4 Å². The summed E-state index contributed by atoms with van der Waals surface area (Å²) in [5, 5.41) is 25.5. The molecular weight excluding hydrogens is 773 g/mol. The van der Waals surface area contributed by atoms with E-state index in [0.29, 0.717) is 11.5 Å². The van der Waals surface area contributed by atoms with Crippen LogP contribution in [0.5, 0.6) is 23.0 Å². The van der Waals surface area contributed by atoms with Gasteiger partial charge in [0, 0.05) is 38.9 Å². The lowest BCUT2D eigenvalue weighted by Gasteiger charge is -2.32. The van der Waals surface area contributed by atoms with Crippen molar-refractivity contribution in [3.63, 3.8) is 0 Å². The van der Waals surface area contributed by atoms with E-state index in [1.54, 1.807) is 0 Å². The molecule has 62 heavy (non-hydrogen) atoms. The highest BCUT2D eigenvalue weighted by Gasteiger charge is 2.35. The van der Waals surface area contributed by atoms with Crippen molar-refractivity contribution in [2.24, 2.45) is 0 Å². The van der Waals surface area contributed by atoms with Crippen LogP contribution in [0, 0.1) is 20.2 Å². The predicted molar refractivity (Wildman–Crippen MR) is 247 cm³/mol. The number of benzene rings is 7. The summed E-state index contributed by atoms with van der Waals surface area (Å²) in [6, 6.07) is 54.4. The first-order valence-electron chi connectivity index (χ1n) is 20.8. The van der Waals surface area contributed by atoms with Gasteiger partial charge in [0.25, 0.3) is 0 Å². The van der Waals surface area contributed by atoms with E-state index in [4.69, 9.17) is 9.47 Å². The highest BCUT2D eigenvalue weighted by Crippen LogP contribution is 2.49. The van der Waals surface area contributed by atoms with Crippen LogP contribution in [0.15, 0.2) is 170 Å². The van der Waals surface area contributed by atoms with E-state index < -0.39 is 42.9 Å². The quantitative estimate of drug-likeness (QED) is 0.0799. The summed E-state index contributed by atoms with van der Waals surface area (Å²) in [4.78, 5) is 24.2. The Morgan fingerprint density at radius 2 is 0.629 bits per heavy atom. The molecule has 0 aliphatic carbocycles. The molecule has 8 nitrogen and oxygen atoms in total.